The summed E-state index contributed by atoms with van der Waals surface area (Å²) >= 11 is 0. The maximum absolute atomic E-state index is 11.9. The number of carbonyl (C=O) groups excluding carboxylic acids is 1. The molecule has 0 aliphatic heterocycles. The predicted molar refractivity (Wildman–Crippen MR) is 68.1 cm³/mol. The second kappa shape index (κ2) is 4.78. The molecule has 0 fully saturated rings. The molecule has 17 heavy (non-hydrogen) atoms. The van der Waals surface area contributed by atoms with Crippen LogP contribution in [0.25, 0.3) is 0 Å². The molecule has 1 heterocycles. The van der Waals surface area contributed by atoms with Crippen molar-refractivity contribution >= 4 is 11.7 Å². The van der Waals surface area contributed by atoms with Crippen molar-refractivity contribution in [3.63, 3.8) is 0 Å². The first-order chi connectivity index (χ1) is 8.16. The zero-order chi connectivity index (χ0) is 12.3. The molecule has 0 saturated carbocycles. The molecule has 0 unspecified atom stereocenters. The second-order valence-corrected chi connectivity index (χ2v) is 3.97. The Kier molecular flexibility index (Phi) is 3.19. The van der Waals surface area contributed by atoms with Gasteiger partial charge in [-0.1, -0.05) is 12.1 Å². The molecule has 2 aromatic rings. The zero-order valence-corrected chi connectivity index (χ0v) is 9.90. The first-order valence-electron chi connectivity index (χ1n) is 5.46. The van der Waals surface area contributed by atoms with E-state index in [9.17, 15) is 4.79 Å². The predicted octanol–water partition coefficient (Wildman–Crippen LogP) is 2.95. The summed E-state index contributed by atoms with van der Waals surface area (Å²) in [5.41, 5.74) is 2.94. The van der Waals surface area contributed by atoms with Crippen LogP contribution in [0.1, 0.15) is 21.5 Å². The molecule has 2 rings (SSSR count). The summed E-state index contributed by atoms with van der Waals surface area (Å²) < 4.78 is 0. The zero-order valence-electron chi connectivity index (χ0n) is 9.90. The highest BCUT2D eigenvalue weighted by atomic mass is 16.1. The van der Waals surface area contributed by atoms with Gasteiger partial charge in [0.15, 0.2) is 0 Å². The highest BCUT2D eigenvalue weighted by Crippen LogP contribution is 2.11. The summed E-state index contributed by atoms with van der Waals surface area (Å²) in [7, 11) is 0. The Hall–Kier alpha value is -2.16. The van der Waals surface area contributed by atoms with Crippen LogP contribution in [0.4, 0.5) is 5.82 Å². The number of nitrogens with zero attached hydrogens (tertiary/aromatic N) is 1. The summed E-state index contributed by atoms with van der Waals surface area (Å²) in [4.78, 5) is 16.0. The summed E-state index contributed by atoms with van der Waals surface area (Å²) in [5, 5.41) is 2.75. The van der Waals surface area contributed by atoms with E-state index < -0.39 is 0 Å². The van der Waals surface area contributed by atoms with Gasteiger partial charge in [-0.3, -0.25) is 4.79 Å². The lowest BCUT2D eigenvalue weighted by molar-refractivity contribution is 0.102. The van der Waals surface area contributed by atoms with E-state index in [0.717, 1.165) is 5.56 Å². The van der Waals surface area contributed by atoms with Gasteiger partial charge >= 0.3 is 0 Å². The van der Waals surface area contributed by atoms with E-state index in [4.69, 9.17) is 0 Å². The summed E-state index contributed by atoms with van der Waals surface area (Å²) in [5.74, 6) is 0.433. The number of rotatable bonds is 2. The third-order valence-electron chi connectivity index (χ3n) is 2.68. The molecule has 0 spiro atoms. The first-order valence-corrected chi connectivity index (χ1v) is 5.46. The van der Waals surface area contributed by atoms with Gasteiger partial charge in [-0.05, 0) is 49.2 Å². The van der Waals surface area contributed by atoms with E-state index in [2.05, 4.69) is 10.3 Å². The average molecular weight is 226 g/mol. The van der Waals surface area contributed by atoms with Crippen molar-refractivity contribution in [1.29, 1.82) is 0 Å². The molecule has 86 valence electrons. The number of aromatic nitrogens is 1. The maximum atomic E-state index is 11.9. The Morgan fingerprint density at radius 3 is 2.59 bits per heavy atom. The molecule has 0 aliphatic rings. The molecule has 1 N–H and O–H groups in total. The highest BCUT2D eigenvalue weighted by molar-refractivity contribution is 6.03. The Morgan fingerprint density at radius 1 is 1.12 bits per heavy atom. The van der Waals surface area contributed by atoms with Gasteiger partial charge in [0.2, 0.25) is 0 Å². The van der Waals surface area contributed by atoms with E-state index in [1.165, 1.54) is 5.56 Å². The van der Waals surface area contributed by atoms with Crippen molar-refractivity contribution in [2.24, 2.45) is 0 Å². The second-order valence-electron chi connectivity index (χ2n) is 3.97. The smallest absolute Gasteiger partial charge is 0.256 e. The van der Waals surface area contributed by atoms with Crippen LogP contribution in [-0.4, -0.2) is 10.9 Å². The Morgan fingerprint density at radius 2 is 1.94 bits per heavy atom. The summed E-state index contributed by atoms with van der Waals surface area (Å²) in [6.07, 6.45) is 1.65. The first kappa shape index (κ1) is 11.3. The topological polar surface area (TPSA) is 42.0 Å². The molecule has 0 bridgehead atoms. The third-order valence-corrected chi connectivity index (χ3v) is 2.68. The van der Waals surface area contributed by atoms with Crippen molar-refractivity contribution in [2.45, 2.75) is 13.8 Å². The fourth-order valence-electron chi connectivity index (χ4n) is 1.51. The van der Waals surface area contributed by atoms with Crippen LogP contribution in [0.5, 0.6) is 0 Å². The van der Waals surface area contributed by atoms with Gasteiger partial charge < -0.3 is 5.32 Å². The molecule has 0 atom stereocenters. The van der Waals surface area contributed by atoms with Crippen molar-refractivity contribution in [2.75, 3.05) is 5.32 Å². The van der Waals surface area contributed by atoms with Crippen molar-refractivity contribution < 1.29 is 4.79 Å². The Labute approximate surface area is 101 Å². The van der Waals surface area contributed by atoms with Crippen LogP contribution in [0.2, 0.25) is 0 Å². The Balaban J connectivity index is 2.18. The maximum Gasteiger partial charge on any atom is 0.256 e. The van der Waals surface area contributed by atoms with E-state index in [1.54, 1.807) is 12.3 Å². The van der Waals surface area contributed by atoms with E-state index in [-0.39, 0.29) is 5.91 Å². The van der Waals surface area contributed by atoms with Gasteiger partial charge in [0.1, 0.15) is 5.82 Å². The fourth-order valence-corrected chi connectivity index (χ4v) is 1.51. The number of benzene rings is 1. The van der Waals surface area contributed by atoms with Gasteiger partial charge in [0.05, 0.1) is 0 Å². The minimum atomic E-state index is -0.133. The number of hydrogen-bond acceptors (Lipinski definition) is 2. The quantitative estimate of drug-likeness (QED) is 0.855. The summed E-state index contributed by atoms with van der Waals surface area (Å²) in [6, 6.07) is 11.1. The number of anilines is 1. The lowest BCUT2D eigenvalue weighted by atomic mass is 10.1. The van der Waals surface area contributed by atoms with Crippen molar-refractivity contribution in [3.8, 4) is 0 Å². The largest absolute Gasteiger partial charge is 0.307 e. The minimum absolute atomic E-state index is 0.133. The number of hydrogen-bond donors (Lipinski definition) is 1. The molecule has 0 radical (unpaired) electrons. The summed E-state index contributed by atoms with van der Waals surface area (Å²) in [6.45, 7) is 4.02. The minimum Gasteiger partial charge on any atom is -0.307 e. The Bertz CT molecular complexity index is 535. The number of nitrogens with one attached hydrogen (secondary N) is 1. The van der Waals surface area contributed by atoms with Crippen LogP contribution in [0.3, 0.4) is 0 Å². The molecule has 3 nitrogen and oxygen atoms in total. The average Bonchev–Trinajstić information content (AvgIpc) is 2.34. The van der Waals surface area contributed by atoms with Crippen LogP contribution >= 0.6 is 0 Å². The molecule has 1 amide bonds. The molecule has 0 aliphatic carbocycles. The van der Waals surface area contributed by atoms with Crippen LogP contribution in [0, 0.1) is 13.8 Å². The van der Waals surface area contributed by atoms with Gasteiger partial charge in [0.25, 0.3) is 5.91 Å². The standard InChI is InChI=1S/C14H14N2O/c1-10-6-7-12(9-11(10)2)14(17)16-13-5-3-4-8-15-13/h3-9H,1-2H3,(H,15,16,17). The van der Waals surface area contributed by atoms with Crippen LogP contribution < -0.4 is 5.32 Å². The fraction of sp³-hybridized carbons (Fsp3) is 0.143. The van der Waals surface area contributed by atoms with Crippen molar-refractivity contribution in [3.05, 3.63) is 59.3 Å². The van der Waals surface area contributed by atoms with E-state index in [1.807, 2.05) is 44.2 Å². The molecule has 3 heteroatoms. The molecular formula is C14H14N2O. The number of pyridine rings is 1. The van der Waals surface area contributed by atoms with Gasteiger partial charge in [-0.15, -0.1) is 0 Å². The molecule has 1 aromatic carbocycles. The van der Waals surface area contributed by atoms with Crippen LogP contribution in [0.15, 0.2) is 42.6 Å². The van der Waals surface area contributed by atoms with Gasteiger partial charge in [-0.2, -0.15) is 0 Å². The lowest BCUT2D eigenvalue weighted by Gasteiger charge is -2.06. The monoisotopic (exact) mass is 226 g/mol. The van der Waals surface area contributed by atoms with Gasteiger partial charge in [0, 0.05) is 11.8 Å². The van der Waals surface area contributed by atoms with Gasteiger partial charge in [-0.25, -0.2) is 4.98 Å². The number of aryl methyl sites for hydroxylation is 2. The highest BCUT2D eigenvalue weighted by Gasteiger charge is 2.07. The van der Waals surface area contributed by atoms with E-state index >= 15 is 0 Å². The van der Waals surface area contributed by atoms with Crippen molar-refractivity contribution in [1.82, 2.24) is 4.98 Å². The number of carbonyl (C=O) groups is 1. The lowest BCUT2D eigenvalue weighted by Crippen LogP contribution is -2.13. The number of amides is 1. The van der Waals surface area contributed by atoms with Crippen LogP contribution in [-0.2, 0) is 0 Å². The molecule has 1 aromatic heterocycles. The van der Waals surface area contributed by atoms with E-state index in [0.29, 0.717) is 11.4 Å². The third kappa shape index (κ3) is 2.69. The normalized spacial score (nSPS) is 10.0. The SMILES string of the molecule is Cc1ccc(C(=O)Nc2ccccn2)cc1C. The molecule has 0 saturated heterocycles. The molecular weight excluding hydrogens is 212 g/mol.